The zero-order chi connectivity index (χ0) is 15.4. The Morgan fingerprint density at radius 3 is 2.76 bits per heavy atom. The fourth-order valence-corrected chi connectivity index (χ4v) is 2.99. The first-order chi connectivity index (χ1) is 10.0. The molecule has 0 atom stereocenters. The van der Waals surface area contributed by atoms with E-state index in [1.807, 2.05) is 6.07 Å². The van der Waals surface area contributed by atoms with Crippen LogP contribution < -0.4 is 10.1 Å². The van der Waals surface area contributed by atoms with E-state index in [9.17, 15) is 4.79 Å². The lowest BCUT2D eigenvalue weighted by Gasteiger charge is -2.12. The fourth-order valence-electron chi connectivity index (χ4n) is 1.85. The van der Waals surface area contributed by atoms with E-state index in [4.69, 9.17) is 27.9 Å². The molecule has 0 spiro atoms. The van der Waals surface area contributed by atoms with Crippen molar-refractivity contribution in [2.75, 3.05) is 12.4 Å². The van der Waals surface area contributed by atoms with Gasteiger partial charge in [0.05, 0.1) is 17.3 Å². The largest absolute Gasteiger partial charge is 0.493 e. The lowest BCUT2D eigenvalue weighted by molar-refractivity contribution is 0.102. The number of carbonyl (C=O) groups is 1. The zero-order valence-corrected chi connectivity index (χ0v) is 14.2. The minimum absolute atomic E-state index is 0.255. The van der Waals surface area contributed by atoms with Crippen LogP contribution in [0, 0.1) is 0 Å². The topological polar surface area (TPSA) is 38.3 Å². The molecule has 0 aliphatic heterocycles. The summed E-state index contributed by atoms with van der Waals surface area (Å²) in [6.07, 6.45) is 0. The maximum Gasteiger partial charge on any atom is 0.255 e. The normalized spacial score (nSPS) is 10.3. The molecule has 6 heteroatoms. The number of hydrogen-bond acceptors (Lipinski definition) is 2. The predicted octanol–water partition coefficient (Wildman–Crippen LogP) is 5.10. The van der Waals surface area contributed by atoms with Gasteiger partial charge in [-0.2, -0.15) is 0 Å². The first-order valence-corrected chi connectivity index (χ1v) is 7.75. The van der Waals surface area contributed by atoms with E-state index in [1.165, 1.54) is 7.11 Å². The highest BCUT2D eigenvalue weighted by Crippen LogP contribution is 2.36. The van der Waals surface area contributed by atoms with Gasteiger partial charge in [0.15, 0.2) is 5.75 Å². The number of alkyl halides is 1. The molecule has 2 rings (SSSR count). The van der Waals surface area contributed by atoms with E-state index in [1.54, 1.807) is 30.3 Å². The number of carbonyl (C=O) groups excluding carboxylic acids is 1. The Morgan fingerprint density at radius 2 is 2.10 bits per heavy atom. The molecule has 1 amide bonds. The second-order valence-electron chi connectivity index (χ2n) is 4.26. The molecule has 0 heterocycles. The monoisotopic (exact) mass is 387 g/mol. The summed E-state index contributed by atoms with van der Waals surface area (Å²) < 4.78 is 5.94. The Hall–Kier alpha value is -1.23. The number of hydrogen-bond donors (Lipinski definition) is 1. The molecule has 2 aromatic carbocycles. The van der Waals surface area contributed by atoms with E-state index in [0.717, 1.165) is 5.56 Å². The first kappa shape index (κ1) is 16.1. The molecule has 21 heavy (non-hydrogen) atoms. The minimum Gasteiger partial charge on any atom is -0.493 e. The van der Waals surface area contributed by atoms with E-state index < -0.39 is 0 Å². The Labute approximate surface area is 141 Å². The second kappa shape index (κ2) is 7.16. The van der Waals surface area contributed by atoms with Gasteiger partial charge >= 0.3 is 0 Å². The Bertz CT molecular complexity index is 677. The SMILES string of the molecule is COc1c(Br)cc(Cl)cc1NC(=O)c1cccc(CCl)c1. The molecule has 0 saturated carbocycles. The average Bonchev–Trinajstić information content (AvgIpc) is 2.47. The third-order valence-corrected chi connectivity index (χ3v) is 3.92. The van der Waals surface area contributed by atoms with Crippen LogP contribution in [0.3, 0.4) is 0 Å². The van der Waals surface area contributed by atoms with Crippen molar-refractivity contribution >= 4 is 50.7 Å². The van der Waals surface area contributed by atoms with Crippen molar-refractivity contribution in [1.82, 2.24) is 0 Å². The highest BCUT2D eigenvalue weighted by molar-refractivity contribution is 9.10. The summed E-state index contributed by atoms with van der Waals surface area (Å²) >= 11 is 15.1. The van der Waals surface area contributed by atoms with Crippen molar-refractivity contribution in [3.05, 3.63) is 57.0 Å². The number of methoxy groups -OCH3 is 1. The molecule has 0 aliphatic rings. The number of ether oxygens (including phenoxy) is 1. The van der Waals surface area contributed by atoms with Gasteiger partial charge in [-0.1, -0.05) is 23.7 Å². The van der Waals surface area contributed by atoms with E-state index in [2.05, 4.69) is 21.2 Å². The summed E-state index contributed by atoms with van der Waals surface area (Å²) in [4.78, 5) is 12.3. The molecular weight excluding hydrogens is 377 g/mol. The van der Waals surface area contributed by atoms with Crippen molar-refractivity contribution in [1.29, 1.82) is 0 Å². The summed E-state index contributed by atoms with van der Waals surface area (Å²) in [5.41, 5.74) is 1.90. The highest BCUT2D eigenvalue weighted by atomic mass is 79.9. The molecule has 0 unspecified atom stereocenters. The van der Waals surface area contributed by atoms with Crippen LogP contribution in [0.2, 0.25) is 5.02 Å². The molecule has 110 valence electrons. The van der Waals surface area contributed by atoms with Gasteiger partial charge in [-0.25, -0.2) is 0 Å². The second-order valence-corrected chi connectivity index (χ2v) is 5.81. The standard InChI is InChI=1S/C15H12BrCl2NO2/c1-21-14-12(16)6-11(18)7-13(14)19-15(20)10-4-2-3-9(5-10)8-17/h2-7H,8H2,1H3,(H,19,20). The molecule has 0 radical (unpaired) electrons. The molecule has 0 aromatic heterocycles. The lowest BCUT2D eigenvalue weighted by atomic mass is 10.1. The predicted molar refractivity (Wildman–Crippen MR) is 89.7 cm³/mol. The Morgan fingerprint density at radius 1 is 1.33 bits per heavy atom. The van der Waals surface area contributed by atoms with Gasteiger partial charge in [-0.05, 0) is 45.8 Å². The summed E-state index contributed by atoms with van der Waals surface area (Å²) in [7, 11) is 1.53. The molecule has 0 fully saturated rings. The number of nitrogens with one attached hydrogen (secondary N) is 1. The summed E-state index contributed by atoms with van der Waals surface area (Å²) in [5, 5.41) is 3.28. The summed E-state index contributed by atoms with van der Waals surface area (Å²) in [5.74, 6) is 0.614. The van der Waals surface area contributed by atoms with Gasteiger partial charge in [-0.3, -0.25) is 4.79 Å². The van der Waals surface area contributed by atoms with Gasteiger partial charge < -0.3 is 10.1 Å². The van der Waals surface area contributed by atoms with Crippen molar-refractivity contribution in [2.24, 2.45) is 0 Å². The van der Waals surface area contributed by atoms with Crippen LogP contribution in [-0.4, -0.2) is 13.0 Å². The van der Waals surface area contributed by atoms with Crippen LogP contribution in [0.25, 0.3) is 0 Å². The van der Waals surface area contributed by atoms with Gasteiger partial charge in [-0.15, -0.1) is 11.6 Å². The van der Waals surface area contributed by atoms with Gasteiger partial charge in [0.1, 0.15) is 0 Å². The summed E-state index contributed by atoms with van der Waals surface area (Å²) in [6, 6.07) is 10.4. The lowest BCUT2D eigenvalue weighted by Crippen LogP contribution is -2.13. The highest BCUT2D eigenvalue weighted by Gasteiger charge is 2.13. The fraction of sp³-hybridized carbons (Fsp3) is 0.133. The number of halogens is 3. The molecule has 2 aromatic rings. The zero-order valence-electron chi connectivity index (χ0n) is 11.1. The third kappa shape index (κ3) is 3.90. The van der Waals surface area contributed by atoms with Crippen LogP contribution in [0.15, 0.2) is 40.9 Å². The van der Waals surface area contributed by atoms with Crippen LogP contribution in [0.4, 0.5) is 5.69 Å². The summed E-state index contributed by atoms with van der Waals surface area (Å²) in [6.45, 7) is 0. The number of rotatable bonds is 4. The van der Waals surface area contributed by atoms with Crippen molar-refractivity contribution in [3.63, 3.8) is 0 Å². The van der Waals surface area contributed by atoms with E-state index in [0.29, 0.717) is 32.4 Å². The van der Waals surface area contributed by atoms with E-state index in [-0.39, 0.29) is 5.91 Å². The van der Waals surface area contributed by atoms with Gasteiger partial charge in [0.2, 0.25) is 0 Å². The maximum absolute atomic E-state index is 12.3. The van der Waals surface area contributed by atoms with Crippen molar-refractivity contribution in [3.8, 4) is 5.75 Å². The van der Waals surface area contributed by atoms with Crippen LogP contribution in [0.5, 0.6) is 5.75 Å². The quantitative estimate of drug-likeness (QED) is 0.739. The smallest absolute Gasteiger partial charge is 0.255 e. The number of anilines is 1. The van der Waals surface area contributed by atoms with Crippen LogP contribution in [0.1, 0.15) is 15.9 Å². The molecular formula is C15H12BrCl2NO2. The maximum atomic E-state index is 12.3. The van der Waals surface area contributed by atoms with Crippen LogP contribution >= 0.6 is 39.1 Å². The van der Waals surface area contributed by atoms with Crippen molar-refractivity contribution in [2.45, 2.75) is 5.88 Å². The average molecular weight is 389 g/mol. The number of benzene rings is 2. The molecule has 1 N–H and O–H groups in total. The molecule has 0 saturated heterocycles. The molecule has 3 nitrogen and oxygen atoms in total. The first-order valence-electron chi connectivity index (χ1n) is 6.04. The molecule has 0 bridgehead atoms. The number of amides is 1. The third-order valence-electron chi connectivity index (χ3n) is 2.80. The van der Waals surface area contributed by atoms with Gasteiger partial charge in [0, 0.05) is 16.5 Å². The Kier molecular flexibility index (Phi) is 5.51. The van der Waals surface area contributed by atoms with Crippen LogP contribution in [-0.2, 0) is 5.88 Å². The van der Waals surface area contributed by atoms with E-state index >= 15 is 0 Å². The van der Waals surface area contributed by atoms with Gasteiger partial charge in [0.25, 0.3) is 5.91 Å². The Balaban J connectivity index is 2.31. The minimum atomic E-state index is -0.255. The molecule has 0 aliphatic carbocycles. The van der Waals surface area contributed by atoms with Crippen molar-refractivity contribution < 1.29 is 9.53 Å².